The molecule has 0 aliphatic rings. The Labute approximate surface area is 88.7 Å². The third-order valence-corrected chi connectivity index (χ3v) is 1.85. The van der Waals surface area contributed by atoms with Crippen LogP contribution in [0.25, 0.3) is 0 Å². The fraction of sp³-hybridized carbons (Fsp3) is 0.200. The summed E-state index contributed by atoms with van der Waals surface area (Å²) >= 11 is 0. The summed E-state index contributed by atoms with van der Waals surface area (Å²) in [6.45, 7) is 2.05. The molecule has 0 saturated heterocycles. The number of rotatable bonds is 2. The van der Waals surface area contributed by atoms with Gasteiger partial charge in [-0.3, -0.25) is 0 Å². The zero-order valence-corrected chi connectivity index (χ0v) is 8.64. The highest BCUT2D eigenvalue weighted by molar-refractivity contribution is 5.93. The highest BCUT2D eigenvalue weighted by atomic mass is 15.1. The Morgan fingerprint density at radius 2 is 1.87 bits per heavy atom. The Hall–Kier alpha value is -2.04. The zero-order valence-electron chi connectivity index (χ0n) is 8.64. The first-order valence-corrected chi connectivity index (χ1v) is 4.65. The van der Waals surface area contributed by atoms with Gasteiger partial charge < -0.3 is 17.2 Å². The molecule has 0 amide bonds. The second-order valence-electron chi connectivity index (χ2n) is 2.99. The van der Waals surface area contributed by atoms with E-state index in [1.807, 2.05) is 31.2 Å². The van der Waals surface area contributed by atoms with Crippen LogP contribution in [-0.4, -0.2) is 11.9 Å². The van der Waals surface area contributed by atoms with Crippen LogP contribution in [0.4, 0.5) is 5.69 Å². The van der Waals surface area contributed by atoms with Crippen LogP contribution < -0.4 is 17.2 Å². The van der Waals surface area contributed by atoms with E-state index < -0.39 is 0 Å². The Balaban J connectivity index is 3.02. The van der Waals surface area contributed by atoms with Crippen molar-refractivity contribution in [3.63, 3.8) is 0 Å². The molecule has 5 heteroatoms. The summed E-state index contributed by atoms with van der Waals surface area (Å²) in [4.78, 5) is 7.76. The van der Waals surface area contributed by atoms with Crippen LogP contribution >= 0.6 is 0 Å². The molecule has 80 valence electrons. The van der Waals surface area contributed by atoms with Gasteiger partial charge in [0.15, 0.2) is 5.96 Å². The molecule has 0 spiro atoms. The van der Waals surface area contributed by atoms with Gasteiger partial charge in [0.25, 0.3) is 0 Å². The molecule has 0 aromatic heterocycles. The van der Waals surface area contributed by atoms with Gasteiger partial charge in [0.2, 0.25) is 5.96 Å². The standard InChI is InChI=1S/C10H15N5/c1-2-7-5-3-4-6-8(7)14-10(13)15-9(11)12/h3-6H,2H2,1H3,(H6,11,12,13,14,15). The van der Waals surface area contributed by atoms with E-state index >= 15 is 0 Å². The molecule has 5 nitrogen and oxygen atoms in total. The highest BCUT2D eigenvalue weighted by Crippen LogP contribution is 2.18. The number of nitrogens with zero attached hydrogens (tertiary/aromatic N) is 2. The molecular weight excluding hydrogens is 190 g/mol. The van der Waals surface area contributed by atoms with E-state index in [4.69, 9.17) is 17.2 Å². The smallest absolute Gasteiger partial charge is 0.223 e. The molecule has 1 rings (SSSR count). The van der Waals surface area contributed by atoms with Gasteiger partial charge in [-0.1, -0.05) is 25.1 Å². The van der Waals surface area contributed by atoms with Crippen molar-refractivity contribution in [2.75, 3.05) is 0 Å². The second-order valence-corrected chi connectivity index (χ2v) is 2.99. The van der Waals surface area contributed by atoms with Crippen LogP contribution in [0.1, 0.15) is 12.5 Å². The molecule has 0 heterocycles. The minimum atomic E-state index is -0.0924. The fourth-order valence-corrected chi connectivity index (χ4v) is 1.20. The number of hydrogen-bond acceptors (Lipinski definition) is 1. The normalized spacial score (nSPS) is 11.1. The lowest BCUT2D eigenvalue weighted by molar-refractivity contribution is 1.13. The molecule has 1 aromatic carbocycles. The summed E-state index contributed by atoms with van der Waals surface area (Å²) < 4.78 is 0. The number of aryl methyl sites for hydroxylation is 1. The largest absolute Gasteiger partial charge is 0.370 e. The number of nitrogens with two attached hydrogens (primary N) is 3. The Morgan fingerprint density at radius 3 is 2.47 bits per heavy atom. The van der Waals surface area contributed by atoms with Crippen LogP contribution in [0.2, 0.25) is 0 Å². The van der Waals surface area contributed by atoms with Crippen molar-refractivity contribution in [3.05, 3.63) is 29.8 Å². The first-order valence-electron chi connectivity index (χ1n) is 4.65. The van der Waals surface area contributed by atoms with Gasteiger partial charge in [0.1, 0.15) is 0 Å². The summed E-state index contributed by atoms with van der Waals surface area (Å²) in [6.07, 6.45) is 0.884. The molecular formula is C10H15N5. The lowest BCUT2D eigenvalue weighted by Crippen LogP contribution is -2.26. The molecule has 0 radical (unpaired) electrons. The maximum atomic E-state index is 5.53. The van der Waals surface area contributed by atoms with Crippen LogP contribution in [0, 0.1) is 0 Å². The minimum absolute atomic E-state index is 0.0656. The Bertz CT molecular complexity index is 391. The van der Waals surface area contributed by atoms with Crippen molar-refractivity contribution in [3.8, 4) is 0 Å². The number of aliphatic imine (C=N–C) groups is 2. The molecule has 0 unspecified atom stereocenters. The summed E-state index contributed by atoms with van der Waals surface area (Å²) in [5.74, 6) is -0.0267. The molecule has 0 aliphatic heterocycles. The van der Waals surface area contributed by atoms with Gasteiger partial charge in [-0.05, 0) is 18.1 Å². The molecule has 0 bridgehead atoms. The van der Waals surface area contributed by atoms with Crippen molar-refractivity contribution in [1.82, 2.24) is 0 Å². The Morgan fingerprint density at radius 1 is 1.20 bits per heavy atom. The minimum Gasteiger partial charge on any atom is -0.370 e. The van der Waals surface area contributed by atoms with Gasteiger partial charge in [-0.2, -0.15) is 4.99 Å². The summed E-state index contributed by atoms with van der Waals surface area (Å²) in [7, 11) is 0. The Kier molecular flexibility index (Phi) is 3.68. The van der Waals surface area contributed by atoms with Crippen LogP contribution in [0.15, 0.2) is 34.3 Å². The first kappa shape index (κ1) is 11.0. The predicted molar refractivity (Wildman–Crippen MR) is 62.9 cm³/mol. The quantitative estimate of drug-likeness (QED) is 0.483. The molecule has 0 fully saturated rings. The second kappa shape index (κ2) is 4.99. The van der Waals surface area contributed by atoms with Crippen molar-refractivity contribution < 1.29 is 0 Å². The van der Waals surface area contributed by atoms with Crippen molar-refractivity contribution >= 4 is 17.6 Å². The predicted octanol–water partition coefficient (Wildman–Crippen LogP) is 0.469. The SMILES string of the molecule is CCc1ccccc1N=C(N)N=C(N)N. The molecule has 0 atom stereocenters. The van der Waals surface area contributed by atoms with Gasteiger partial charge in [0.05, 0.1) is 5.69 Å². The van der Waals surface area contributed by atoms with E-state index in [2.05, 4.69) is 9.98 Å². The van der Waals surface area contributed by atoms with Crippen molar-refractivity contribution in [2.24, 2.45) is 27.2 Å². The van der Waals surface area contributed by atoms with Crippen molar-refractivity contribution in [1.29, 1.82) is 0 Å². The van der Waals surface area contributed by atoms with E-state index in [0.29, 0.717) is 0 Å². The molecule has 15 heavy (non-hydrogen) atoms. The van der Waals surface area contributed by atoms with E-state index in [9.17, 15) is 0 Å². The molecule has 6 N–H and O–H groups in total. The number of benzene rings is 1. The van der Waals surface area contributed by atoms with Crippen LogP contribution in [0.5, 0.6) is 0 Å². The average Bonchev–Trinajstić information content (AvgIpc) is 2.17. The zero-order chi connectivity index (χ0) is 11.3. The van der Waals surface area contributed by atoms with Gasteiger partial charge in [-0.25, -0.2) is 4.99 Å². The van der Waals surface area contributed by atoms with Crippen LogP contribution in [-0.2, 0) is 6.42 Å². The summed E-state index contributed by atoms with van der Waals surface area (Å²) in [5.41, 5.74) is 17.8. The van der Waals surface area contributed by atoms with Crippen LogP contribution in [0.3, 0.4) is 0 Å². The lowest BCUT2D eigenvalue weighted by Gasteiger charge is -2.02. The average molecular weight is 205 g/mol. The summed E-state index contributed by atoms with van der Waals surface area (Å²) in [6, 6.07) is 7.70. The fourth-order valence-electron chi connectivity index (χ4n) is 1.20. The first-order chi connectivity index (χ1) is 7.13. The van der Waals surface area contributed by atoms with E-state index in [-0.39, 0.29) is 11.9 Å². The number of para-hydroxylation sites is 1. The maximum absolute atomic E-state index is 5.53. The summed E-state index contributed by atoms with van der Waals surface area (Å²) in [5, 5.41) is 0. The maximum Gasteiger partial charge on any atom is 0.223 e. The topological polar surface area (TPSA) is 103 Å². The third-order valence-electron chi connectivity index (χ3n) is 1.85. The molecule has 1 aromatic rings. The van der Waals surface area contributed by atoms with Gasteiger partial charge in [0, 0.05) is 0 Å². The molecule has 0 saturated carbocycles. The number of hydrogen-bond donors (Lipinski definition) is 3. The van der Waals surface area contributed by atoms with Crippen molar-refractivity contribution in [2.45, 2.75) is 13.3 Å². The van der Waals surface area contributed by atoms with Gasteiger partial charge in [-0.15, -0.1) is 0 Å². The molecule has 0 aliphatic carbocycles. The number of guanidine groups is 2. The van der Waals surface area contributed by atoms with E-state index in [1.54, 1.807) is 0 Å². The lowest BCUT2D eigenvalue weighted by atomic mass is 10.1. The highest BCUT2D eigenvalue weighted by Gasteiger charge is 1.98. The van der Waals surface area contributed by atoms with E-state index in [1.165, 1.54) is 0 Å². The van der Waals surface area contributed by atoms with E-state index in [0.717, 1.165) is 17.7 Å². The monoisotopic (exact) mass is 205 g/mol. The van der Waals surface area contributed by atoms with Gasteiger partial charge >= 0.3 is 0 Å². The third kappa shape index (κ3) is 3.30.